The molecule has 51 heavy (non-hydrogen) atoms. The van der Waals surface area contributed by atoms with E-state index in [0.717, 1.165) is 65.0 Å². The second-order valence-corrected chi connectivity index (χ2v) is 13.8. The largest absolute Gasteiger partial charge is 0.508 e. The summed E-state index contributed by atoms with van der Waals surface area (Å²) in [6.45, 7) is 8.55. The molecule has 0 radical (unpaired) electrons. The van der Waals surface area contributed by atoms with Crippen LogP contribution in [0.5, 0.6) is 23.0 Å². The molecule has 0 unspecified atom stereocenters. The smallest absolute Gasteiger partial charge is 0.410 e. The van der Waals surface area contributed by atoms with Crippen molar-refractivity contribution in [3.63, 3.8) is 0 Å². The van der Waals surface area contributed by atoms with Gasteiger partial charge < -0.3 is 43.4 Å². The quantitative estimate of drug-likeness (QED) is 0.178. The van der Waals surface area contributed by atoms with Gasteiger partial charge in [-0.3, -0.25) is 0 Å². The fraction of sp³-hybridized carbons (Fsp3) is 0.308. The lowest BCUT2D eigenvalue weighted by molar-refractivity contribution is 0.0276. The zero-order chi connectivity index (χ0) is 35.5. The van der Waals surface area contributed by atoms with Crippen molar-refractivity contribution in [1.29, 1.82) is 0 Å². The van der Waals surface area contributed by atoms with E-state index in [1.165, 1.54) is 0 Å². The van der Waals surface area contributed by atoms with Crippen LogP contribution < -0.4 is 14.8 Å². The van der Waals surface area contributed by atoms with E-state index in [1.54, 1.807) is 48.0 Å². The maximum atomic E-state index is 12.3. The first-order valence-electron chi connectivity index (χ1n) is 17.1. The molecule has 0 spiro atoms. The van der Waals surface area contributed by atoms with E-state index in [-0.39, 0.29) is 29.8 Å². The number of aromatic nitrogens is 4. The number of amides is 1. The summed E-state index contributed by atoms with van der Waals surface area (Å²) in [4.78, 5) is 22.4. The van der Waals surface area contributed by atoms with Crippen LogP contribution in [0, 0.1) is 0 Å². The Labute approximate surface area is 295 Å². The van der Waals surface area contributed by atoms with Crippen molar-refractivity contribution in [3.8, 4) is 45.3 Å². The zero-order valence-corrected chi connectivity index (χ0v) is 28.9. The van der Waals surface area contributed by atoms with Gasteiger partial charge >= 0.3 is 6.09 Å². The molecule has 0 aliphatic carbocycles. The molecule has 1 amide bonds. The maximum absolute atomic E-state index is 12.3. The van der Waals surface area contributed by atoms with Gasteiger partial charge in [0.25, 0.3) is 0 Å². The number of carbonyl (C=O) groups excluding carboxylic acids is 1. The molecule has 3 N–H and O–H groups in total. The average molecular weight is 691 g/mol. The number of rotatable bonds is 6. The number of hydrogen-bond acceptors (Lipinski definition) is 9. The van der Waals surface area contributed by atoms with Crippen molar-refractivity contribution < 1.29 is 29.2 Å². The topological polar surface area (TPSA) is 135 Å². The summed E-state index contributed by atoms with van der Waals surface area (Å²) >= 11 is 0. The van der Waals surface area contributed by atoms with Gasteiger partial charge in [0.05, 0.1) is 31.6 Å². The van der Waals surface area contributed by atoms with Crippen molar-refractivity contribution in [2.24, 2.45) is 0 Å². The molecular weight excluding hydrogens is 648 g/mol. The first-order valence-corrected chi connectivity index (χ1v) is 17.1. The summed E-state index contributed by atoms with van der Waals surface area (Å²) < 4.78 is 21.8. The van der Waals surface area contributed by atoms with Gasteiger partial charge in [-0.1, -0.05) is 24.3 Å². The Morgan fingerprint density at radius 1 is 0.765 bits per heavy atom. The number of carbonyl (C=O) groups is 1. The Hall–Kier alpha value is -5.75. The molecule has 2 fully saturated rings. The van der Waals surface area contributed by atoms with Crippen molar-refractivity contribution in [2.45, 2.75) is 51.4 Å². The van der Waals surface area contributed by atoms with E-state index in [0.29, 0.717) is 18.8 Å². The number of hydrogen-bond donors (Lipinski definition) is 3. The normalized spacial score (nSPS) is 17.4. The average Bonchev–Trinajstić information content (AvgIpc) is 3.93. The van der Waals surface area contributed by atoms with Gasteiger partial charge in [-0.15, -0.1) is 0 Å². The van der Waals surface area contributed by atoms with Crippen molar-refractivity contribution in [3.05, 3.63) is 98.1 Å². The Balaban J connectivity index is 0.000000165. The first kappa shape index (κ1) is 33.7. The van der Waals surface area contributed by atoms with Crippen LogP contribution in [0.1, 0.15) is 33.6 Å². The number of nitrogens with zero attached hydrogens (tertiary/aromatic N) is 5. The molecule has 2 aromatic carbocycles. The molecule has 12 heteroatoms. The monoisotopic (exact) mass is 690 g/mol. The number of fused-ring (bicyclic) bond motifs is 2. The van der Waals surface area contributed by atoms with Crippen molar-refractivity contribution in [1.82, 2.24) is 29.0 Å². The predicted molar refractivity (Wildman–Crippen MR) is 193 cm³/mol. The number of ether oxygens (including phenoxy) is 3. The third-order valence-electron chi connectivity index (χ3n) is 8.77. The van der Waals surface area contributed by atoms with E-state index in [1.807, 2.05) is 84.6 Å². The molecular formula is C39H42N6O6. The van der Waals surface area contributed by atoms with Gasteiger partial charge in [-0.2, -0.15) is 0 Å². The fourth-order valence-corrected chi connectivity index (χ4v) is 6.22. The minimum Gasteiger partial charge on any atom is -0.508 e. The second kappa shape index (κ2) is 14.2. The van der Waals surface area contributed by atoms with Gasteiger partial charge in [0.15, 0.2) is 0 Å². The second-order valence-electron chi connectivity index (χ2n) is 13.8. The minimum atomic E-state index is -0.516. The maximum Gasteiger partial charge on any atom is 0.410 e. The third-order valence-corrected chi connectivity index (χ3v) is 8.77. The summed E-state index contributed by atoms with van der Waals surface area (Å²) in [6, 6.07) is 18.2. The van der Waals surface area contributed by atoms with Crippen LogP contribution in [-0.2, 0) is 4.74 Å². The van der Waals surface area contributed by atoms with Crippen molar-refractivity contribution >= 4 is 17.1 Å². The number of likely N-dealkylation sites (tertiary alicyclic amines) is 1. The summed E-state index contributed by atoms with van der Waals surface area (Å²) in [7, 11) is 0. The number of aromatic hydroxyl groups is 2. The Bertz CT molecular complexity index is 2110. The van der Waals surface area contributed by atoms with Gasteiger partial charge in [0.1, 0.15) is 51.8 Å². The molecule has 0 saturated carbocycles. The van der Waals surface area contributed by atoms with Crippen LogP contribution in [-0.4, -0.2) is 84.0 Å². The van der Waals surface area contributed by atoms with E-state index in [4.69, 9.17) is 14.2 Å². The van der Waals surface area contributed by atoms with E-state index in [9.17, 15) is 15.0 Å². The van der Waals surface area contributed by atoms with Gasteiger partial charge in [0.2, 0.25) is 0 Å². The number of phenolic OH excluding ortho intramolecular Hbond substituents is 2. The van der Waals surface area contributed by atoms with E-state index in [2.05, 4.69) is 15.3 Å². The Kier molecular flexibility index (Phi) is 9.42. The lowest BCUT2D eigenvalue weighted by atomic mass is 10.1. The highest BCUT2D eigenvalue weighted by Crippen LogP contribution is 2.32. The Morgan fingerprint density at radius 3 is 1.78 bits per heavy atom. The summed E-state index contributed by atoms with van der Waals surface area (Å²) in [5.41, 5.74) is 5.29. The van der Waals surface area contributed by atoms with Crippen molar-refractivity contribution in [2.75, 3.05) is 26.2 Å². The van der Waals surface area contributed by atoms with Crippen LogP contribution in [0.15, 0.2) is 98.1 Å². The zero-order valence-electron chi connectivity index (χ0n) is 28.9. The molecule has 12 nitrogen and oxygen atoms in total. The highest BCUT2D eigenvalue weighted by Gasteiger charge is 2.31. The van der Waals surface area contributed by atoms with Gasteiger partial charge in [-0.25, -0.2) is 14.8 Å². The lowest BCUT2D eigenvalue weighted by Gasteiger charge is -2.24. The minimum absolute atomic E-state index is 0.115. The van der Waals surface area contributed by atoms with Gasteiger partial charge in [0, 0.05) is 43.0 Å². The molecule has 264 valence electrons. The van der Waals surface area contributed by atoms with E-state index >= 15 is 0 Å². The molecule has 2 atom stereocenters. The molecule has 6 aromatic rings. The lowest BCUT2D eigenvalue weighted by Crippen LogP contribution is -2.36. The molecule has 4 aromatic heterocycles. The highest BCUT2D eigenvalue weighted by molar-refractivity contribution is 5.73. The number of phenols is 2. The van der Waals surface area contributed by atoms with E-state index < -0.39 is 5.60 Å². The summed E-state index contributed by atoms with van der Waals surface area (Å²) in [5.74, 6) is 2.05. The molecule has 2 aliphatic rings. The highest BCUT2D eigenvalue weighted by atomic mass is 16.6. The third kappa shape index (κ3) is 8.02. The van der Waals surface area contributed by atoms with Crippen LogP contribution in [0.3, 0.4) is 0 Å². The molecule has 0 bridgehead atoms. The SMILES string of the molecule is CC(C)(C)OC(=O)N1CC[C@H](Oc2cc(-c3ccc(O)cc3)cn3cncc23)C1.Oc1ccc(-c2cc(O[C@H]3CCNC3)c3cncn3c2)cc1. The summed E-state index contributed by atoms with van der Waals surface area (Å²) in [6.07, 6.45) is 12.6. The van der Waals surface area contributed by atoms with Crippen LogP contribution in [0.4, 0.5) is 4.79 Å². The summed E-state index contributed by atoms with van der Waals surface area (Å²) in [5, 5.41) is 22.3. The van der Waals surface area contributed by atoms with Crippen LogP contribution in [0.25, 0.3) is 33.3 Å². The van der Waals surface area contributed by atoms with Crippen LogP contribution in [0.2, 0.25) is 0 Å². The first-order chi connectivity index (χ1) is 24.6. The van der Waals surface area contributed by atoms with Crippen LogP contribution >= 0.6 is 0 Å². The Morgan fingerprint density at radius 2 is 1.29 bits per heavy atom. The predicted octanol–water partition coefficient (Wildman–Crippen LogP) is 6.54. The number of benzene rings is 2. The molecule has 8 rings (SSSR count). The molecule has 6 heterocycles. The number of nitrogens with one attached hydrogen (secondary N) is 1. The standard InChI is InChI=1S/C22H25N3O4.C17H17N3O2/c1-22(2,3)29-21(27)24-9-8-18(13-24)28-20-10-16(12-25-14-23-11-19(20)25)15-4-6-17(26)7-5-15;21-14-3-1-12(2-4-14)13-7-17(22-15-5-6-18-8-15)16-9-19-11-20(16)10-13/h4-7,10-12,14,18,26H,8-9,13H2,1-3H3;1-4,7,9-11,15,18,21H,5-6,8H2/t18-;15-/m00/s1. The van der Waals surface area contributed by atoms with Gasteiger partial charge in [-0.05, 0) is 81.3 Å². The fourth-order valence-electron chi connectivity index (χ4n) is 6.22. The number of imidazole rings is 2. The molecule has 2 aliphatic heterocycles. The molecule has 2 saturated heterocycles. The number of pyridine rings is 2.